The first-order chi connectivity index (χ1) is 12.6. The van der Waals surface area contributed by atoms with E-state index < -0.39 is 9.82 Å². The average molecular weight is 384 g/mol. The molecule has 148 valence electrons. The van der Waals surface area contributed by atoms with Crippen molar-refractivity contribution in [1.82, 2.24) is 9.38 Å². The first kappa shape index (κ1) is 21.0. The summed E-state index contributed by atoms with van der Waals surface area (Å²) in [5.41, 5.74) is 0.796. The second kappa shape index (κ2) is 10.2. The predicted octanol–water partition coefficient (Wildman–Crippen LogP) is 5.07. The summed E-state index contributed by atoms with van der Waals surface area (Å²) < 4.78 is 20.6. The molecule has 0 atom stereocenters. The van der Waals surface area contributed by atoms with E-state index in [2.05, 4.69) is 25.8 Å². The number of nitrogens with zero attached hydrogens (tertiary/aromatic N) is 3. The number of halogens is 1. The van der Waals surface area contributed by atoms with Gasteiger partial charge in [-0.2, -0.15) is 9.82 Å². The zero-order valence-electron chi connectivity index (χ0n) is 16.4. The Morgan fingerprint density at radius 2 is 1.62 bits per heavy atom. The number of aromatic nitrogens is 2. The molecular formula is C20H34FN3OS. The highest BCUT2D eigenvalue weighted by Crippen LogP contribution is 2.28. The molecule has 2 aromatic rings. The summed E-state index contributed by atoms with van der Waals surface area (Å²) >= 11 is 0. The minimum atomic E-state index is -1.51. The Bertz CT molecular complexity index is 728. The van der Waals surface area contributed by atoms with Crippen molar-refractivity contribution in [2.45, 2.75) is 65.9 Å². The van der Waals surface area contributed by atoms with E-state index in [0.717, 1.165) is 22.8 Å². The van der Waals surface area contributed by atoms with Crippen LogP contribution in [0.3, 0.4) is 0 Å². The van der Waals surface area contributed by atoms with Crippen LogP contribution in [-0.4, -0.2) is 31.7 Å². The molecular weight excluding hydrogens is 349 g/mol. The molecule has 0 bridgehead atoms. The van der Waals surface area contributed by atoms with Crippen LogP contribution in [0, 0.1) is 5.82 Å². The van der Waals surface area contributed by atoms with Gasteiger partial charge in [0.15, 0.2) is 5.82 Å². The molecule has 0 aliphatic heterocycles. The molecule has 0 amide bonds. The van der Waals surface area contributed by atoms with E-state index in [9.17, 15) is 9.50 Å². The van der Waals surface area contributed by atoms with Crippen molar-refractivity contribution < 1.29 is 9.50 Å². The molecule has 0 aromatic carbocycles. The Morgan fingerprint density at radius 3 is 2.12 bits per heavy atom. The number of pyridine rings is 1. The van der Waals surface area contributed by atoms with E-state index >= 15 is 0 Å². The maximum atomic E-state index is 13.6. The number of aliphatic hydroxyl groups excluding tert-OH is 1. The molecule has 0 radical (unpaired) electrons. The first-order valence-corrected chi connectivity index (χ1v) is 12.3. The van der Waals surface area contributed by atoms with Gasteiger partial charge in [-0.25, -0.2) is 13.7 Å². The van der Waals surface area contributed by atoms with E-state index in [-0.39, 0.29) is 12.4 Å². The standard InChI is InChI=1S/C20H34FN3OS/c1-4-7-12-26(13-8-5-2,14-9-6-3)23-20-18-11-10-17(21)15-24(18)19(16-25)22-20/h10-11,15,25-26H,4-9,12-14,16H2,1-3H3. The highest BCUT2D eigenvalue weighted by molar-refractivity contribution is 8.05. The molecule has 0 spiro atoms. The Kier molecular flexibility index (Phi) is 8.22. The molecule has 26 heavy (non-hydrogen) atoms. The lowest BCUT2D eigenvalue weighted by Gasteiger charge is -2.29. The molecule has 0 aliphatic carbocycles. The molecule has 2 aromatic heterocycles. The smallest absolute Gasteiger partial charge is 0.183 e. The van der Waals surface area contributed by atoms with Crippen molar-refractivity contribution in [1.29, 1.82) is 0 Å². The number of aliphatic hydroxyl groups is 1. The fourth-order valence-electron chi connectivity index (χ4n) is 3.33. The van der Waals surface area contributed by atoms with Gasteiger partial charge < -0.3 is 5.11 Å². The van der Waals surface area contributed by atoms with Gasteiger partial charge in [0, 0.05) is 6.20 Å². The molecule has 4 nitrogen and oxygen atoms in total. The molecule has 0 saturated heterocycles. The SMILES string of the molecule is CCCC[SH](CCCC)(CCCC)=Nc1nc(CO)n2cc(F)ccc12. The average Bonchev–Trinajstić information content (AvgIpc) is 2.99. The molecule has 0 saturated carbocycles. The van der Waals surface area contributed by atoms with Crippen LogP contribution >= 0.6 is 0 Å². The van der Waals surface area contributed by atoms with Crippen molar-refractivity contribution >= 4 is 21.2 Å². The zero-order valence-corrected chi connectivity index (χ0v) is 17.3. The summed E-state index contributed by atoms with van der Waals surface area (Å²) in [5, 5.41) is 9.62. The Morgan fingerprint density at radius 1 is 1.04 bits per heavy atom. The van der Waals surface area contributed by atoms with E-state index in [1.807, 2.05) is 0 Å². The molecule has 2 rings (SSSR count). The summed E-state index contributed by atoms with van der Waals surface area (Å²) in [4.78, 5) is 4.57. The van der Waals surface area contributed by atoms with Gasteiger partial charge in [0.05, 0.1) is 5.52 Å². The third kappa shape index (κ3) is 5.13. The van der Waals surface area contributed by atoms with E-state index in [1.54, 1.807) is 10.5 Å². The number of rotatable bonds is 11. The van der Waals surface area contributed by atoms with Gasteiger partial charge in [-0.15, -0.1) is 0 Å². The second-order valence-corrected chi connectivity index (χ2v) is 10.8. The van der Waals surface area contributed by atoms with Crippen molar-refractivity contribution in [3.8, 4) is 0 Å². The van der Waals surface area contributed by atoms with Crippen molar-refractivity contribution in [2.24, 2.45) is 4.36 Å². The minimum absolute atomic E-state index is 0.218. The van der Waals surface area contributed by atoms with Gasteiger partial charge in [-0.05, 0) is 48.7 Å². The fourth-order valence-corrected chi connectivity index (χ4v) is 7.57. The predicted molar refractivity (Wildman–Crippen MR) is 111 cm³/mol. The number of unbranched alkanes of at least 4 members (excludes halogenated alkanes) is 3. The zero-order chi connectivity index (χ0) is 19.0. The maximum Gasteiger partial charge on any atom is 0.183 e. The molecule has 6 heteroatoms. The van der Waals surface area contributed by atoms with Gasteiger partial charge >= 0.3 is 0 Å². The van der Waals surface area contributed by atoms with Crippen molar-refractivity contribution in [3.63, 3.8) is 0 Å². The highest BCUT2D eigenvalue weighted by atomic mass is 32.2. The van der Waals surface area contributed by atoms with Gasteiger partial charge in [0.1, 0.15) is 18.2 Å². The third-order valence-corrected chi connectivity index (χ3v) is 8.95. The summed E-state index contributed by atoms with van der Waals surface area (Å²) in [7, 11) is -1.51. The van der Waals surface area contributed by atoms with Crippen molar-refractivity contribution in [2.75, 3.05) is 17.3 Å². The second-order valence-electron chi connectivity index (χ2n) is 7.04. The number of hydrogen-bond acceptors (Lipinski definition) is 3. The number of hydrogen-bond donors (Lipinski definition) is 2. The molecule has 0 aliphatic rings. The lowest BCUT2D eigenvalue weighted by atomic mass is 10.4. The summed E-state index contributed by atoms with van der Waals surface area (Å²) in [6.45, 7) is 6.47. The van der Waals surface area contributed by atoms with Gasteiger partial charge in [-0.1, -0.05) is 40.0 Å². The summed E-state index contributed by atoms with van der Waals surface area (Å²) in [6.07, 6.45) is 8.48. The highest BCUT2D eigenvalue weighted by Gasteiger charge is 2.17. The van der Waals surface area contributed by atoms with Gasteiger partial charge in [0.25, 0.3) is 0 Å². The van der Waals surface area contributed by atoms with Crippen molar-refractivity contribution in [3.05, 3.63) is 30.0 Å². The number of thiol groups is 1. The molecule has 1 N–H and O–H groups in total. The number of fused-ring (bicyclic) bond motifs is 1. The minimum Gasteiger partial charge on any atom is -0.388 e. The Labute approximate surface area is 157 Å². The van der Waals surface area contributed by atoms with E-state index in [4.69, 9.17) is 4.36 Å². The monoisotopic (exact) mass is 383 g/mol. The van der Waals surface area contributed by atoms with Crippen LogP contribution in [0.5, 0.6) is 0 Å². The van der Waals surface area contributed by atoms with Gasteiger partial charge in [-0.3, -0.25) is 4.40 Å². The van der Waals surface area contributed by atoms with Crippen LogP contribution in [0.25, 0.3) is 5.52 Å². The largest absolute Gasteiger partial charge is 0.388 e. The normalized spacial score (nSPS) is 12.7. The lowest BCUT2D eigenvalue weighted by Crippen LogP contribution is -2.25. The topological polar surface area (TPSA) is 49.9 Å². The molecule has 2 heterocycles. The molecule has 0 fully saturated rings. The first-order valence-electron chi connectivity index (χ1n) is 9.95. The Hall–Kier alpha value is -1.27. The van der Waals surface area contributed by atoms with Crippen LogP contribution < -0.4 is 0 Å². The van der Waals surface area contributed by atoms with Crippen LogP contribution in [-0.2, 0) is 16.4 Å². The van der Waals surface area contributed by atoms with E-state index in [1.165, 1.54) is 50.8 Å². The van der Waals surface area contributed by atoms with Crippen LogP contribution in [0.1, 0.15) is 65.1 Å². The quantitative estimate of drug-likeness (QED) is 0.532. The Balaban J connectivity index is 2.57. The lowest BCUT2D eigenvalue weighted by molar-refractivity contribution is 0.270. The van der Waals surface area contributed by atoms with Crippen LogP contribution in [0.2, 0.25) is 0 Å². The maximum absolute atomic E-state index is 13.6. The summed E-state index contributed by atoms with van der Waals surface area (Å²) in [6, 6.07) is 3.18. The van der Waals surface area contributed by atoms with Crippen LogP contribution in [0.4, 0.5) is 10.2 Å². The molecule has 0 unspecified atom stereocenters. The number of imidazole rings is 1. The fraction of sp³-hybridized carbons (Fsp3) is 0.650. The third-order valence-electron chi connectivity index (χ3n) is 4.89. The van der Waals surface area contributed by atoms with Gasteiger partial charge in [0.2, 0.25) is 0 Å². The van der Waals surface area contributed by atoms with E-state index in [0.29, 0.717) is 11.6 Å². The summed E-state index contributed by atoms with van der Waals surface area (Å²) in [5.74, 6) is 4.30. The van der Waals surface area contributed by atoms with Crippen LogP contribution in [0.15, 0.2) is 22.7 Å².